The molecular formula is C19H28IN5. The summed E-state index contributed by atoms with van der Waals surface area (Å²) in [5.74, 6) is 1.65. The third-order valence-corrected chi connectivity index (χ3v) is 4.88. The molecule has 1 fully saturated rings. The van der Waals surface area contributed by atoms with E-state index in [0.29, 0.717) is 12.0 Å². The van der Waals surface area contributed by atoms with Gasteiger partial charge in [-0.2, -0.15) is 0 Å². The van der Waals surface area contributed by atoms with Crippen LogP contribution in [0.1, 0.15) is 24.9 Å². The highest BCUT2D eigenvalue weighted by Crippen LogP contribution is 2.27. The van der Waals surface area contributed by atoms with Gasteiger partial charge in [0.15, 0.2) is 5.96 Å². The van der Waals surface area contributed by atoms with Gasteiger partial charge in [0.05, 0.1) is 12.4 Å². The Kier molecular flexibility index (Phi) is 7.74. The molecule has 1 aliphatic rings. The van der Waals surface area contributed by atoms with E-state index in [1.807, 2.05) is 19.6 Å². The van der Waals surface area contributed by atoms with Gasteiger partial charge in [-0.25, -0.2) is 4.98 Å². The lowest BCUT2D eigenvalue weighted by Gasteiger charge is -2.39. The first-order valence-electron chi connectivity index (χ1n) is 8.75. The van der Waals surface area contributed by atoms with Crippen molar-refractivity contribution in [1.82, 2.24) is 19.8 Å². The second-order valence-corrected chi connectivity index (χ2v) is 6.50. The van der Waals surface area contributed by atoms with Crippen molar-refractivity contribution in [1.29, 1.82) is 0 Å². The molecule has 0 radical (unpaired) electrons. The van der Waals surface area contributed by atoms with Crippen LogP contribution in [0, 0.1) is 5.92 Å². The van der Waals surface area contributed by atoms with E-state index in [0.717, 1.165) is 32.0 Å². The molecule has 1 aromatic carbocycles. The summed E-state index contributed by atoms with van der Waals surface area (Å²) in [6.07, 6.45) is 8.03. The molecule has 2 atom stereocenters. The van der Waals surface area contributed by atoms with Crippen molar-refractivity contribution in [3.05, 3.63) is 54.6 Å². The number of likely N-dealkylation sites (tertiary alicyclic amines) is 1. The Bertz CT molecular complexity index is 641. The van der Waals surface area contributed by atoms with Crippen LogP contribution >= 0.6 is 24.0 Å². The van der Waals surface area contributed by atoms with Crippen LogP contribution < -0.4 is 5.32 Å². The van der Waals surface area contributed by atoms with E-state index in [1.54, 1.807) is 0 Å². The lowest BCUT2D eigenvalue weighted by Crippen LogP contribution is -2.49. The monoisotopic (exact) mass is 453 g/mol. The van der Waals surface area contributed by atoms with Crippen LogP contribution in [-0.2, 0) is 6.42 Å². The minimum absolute atomic E-state index is 0. The van der Waals surface area contributed by atoms with E-state index in [1.165, 1.54) is 12.0 Å². The van der Waals surface area contributed by atoms with Gasteiger partial charge in [0, 0.05) is 39.1 Å². The summed E-state index contributed by atoms with van der Waals surface area (Å²) in [5.41, 5.74) is 1.35. The van der Waals surface area contributed by atoms with E-state index < -0.39 is 0 Å². The number of nitrogens with one attached hydrogen (secondary N) is 1. The minimum Gasteiger partial charge on any atom is -0.356 e. The molecule has 0 amide bonds. The SMILES string of the molecule is CN=C(NCCc1ccccc1)N1CCC(C)C(n2ccnc2)C1.I. The van der Waals surface area contributed by atoms with E-state index in [9.17, 15) is 0 Å². The van der Waals surface area contributed by atoms with Gasteiger partial charge < -0.3 is 14.8 Å². The van der Waals surface area contributed by atoms with Gasteiger partial charge in [0.25, 0.3) is 0 Å². The maximum atomic E-state index is 4.49. The largest absolute Gasteiger partial charge is 0.356 e. The number of hydrogen-bond acceptors (Lipinski definition) is 2. The van der Waals surface area contributed by atoms with E-state index in [-0.39, 0.29) is 24.0 Å². The molecule has 0 bridgehead atoms. The first-order chi connectivity index (χ1) is 11.8. The highest BCUT2D eigenvalue weighted by Gasteiger charge is 2.28. The quantitative estimate of drug-likeness (QED) is 0.440. The summed E-state index contributed by atoms with van der Waals surface area (Å²) < 4.78 is 2.23. The molecule has 25 heavy (non-hydrogen) atoms. The highest BCUT2D eigenvalue weighted by atomic mass is 127. The molecule has 1 N–H and O–H groups in total. The number of nitrogens with zero attached hydrogens (tertiary/aromatic N) is 4. The van der Waals surface area contributed by atoms with Crippen molar-refractivity contribution >= 4 is 29.9 Å². The van der Waals surface area contributed by atoms with Gasteiger partial charge in [-0.3, -0.25) is 4.99 Å². The first-order valence-corrected chi connectivity index (χ1v) is 8.75. The molecule has 2 unspecified atom stereocenters. The maximum absolute atomic E-state index is 4.49. The Morgan fingerprint density at radius 3 is 2.80 bits per heavy atom. The summed E-state index contributed by atoms with van der Waals surface area (Å²) in [7, 11) is 1.87. The van der Waals surface area contributed by atoms with Crippen LogP contribution in [-0.4, -0.2) is 47.1 Å². The molecule has 5 nitrogen and oxygen atoms in total. The summed E-state index contributed by atoms with van der Waals surface area (Å²) in [4.78, 5) is 11.1. The molecule has 0 saturated carbocycles. The van der Waals surface area contributed by atoms with Gasteiger partial charge in [0.2, 0.25) is 0 Å². The molecule has 0 spiro atoms. The molecule has 1 saturated heterocycles. The third kappa shape index (κ3) is 5.20. The van der Waals surface area contributed by atoms with Crippen LogP contribution in [0.4, 0.5) is 0 Å². The molecule has 0 aliphatic carbocycles. The standard InChI is InChI=1S/C19H27N5.HI/c1-16-9-12-23(14-18(16)24-13-11-21-15-24)19(20-2)22-10-8-17-6-4-3-5-7-17;/h3-7,11,13,15-16,18H,8-10,12,14H2,1-2H3,(H,20,22);1H. The van der Waals surface area contributed by atoms with Crippen molar-refractivity contribution in [2.75, 3.05) is 26.7 Å². The summed E-state index contributed by atoms with van der Waals surface area (Å²) in [6.45, 7) is 5.26. The van der Waals surface area contributed by atoms with Gasteiger partial charge in [-0.15, -0.1) is 24.0 Å². The lowest BCUT2D eigenvalue weighted by molar-refractivity contribution is 0.189. The van der Waals surface area contributed by atoms with Crippen LogP contribution in [0.2, 0.25) is 0 Å². The van der Waals surface area contributed by atoms with Crippen molar-refractivity contribution in [3.8, 4) is 0 Å². The lowest BCUT2D eigenvalue weighted by atomic mass is 9.93. The summed E-state index contributed by atoms with van der Waals surface area (Å²) in [5, 5.41) is 3.52. The Labute approximate surface area is 167 Å². The van der Waals surface area contributed by atoms with Crippen molar-refractivity contribution in [2.45, 2.75) is 25.8 Å². The van der Waals surface area contributed by atoms with Gasteiger partial charge in [0.1, 0.15) is 0 Å². The Balaban J connectivity index is 0.00000225. The summed E-state index contributed by atoms with van der Waals surface area (Å²) >= 11 is 0. The van der Waals surface area contributed by atoms with Crippen LogP contribution in [0.25, 0.3) is 0 Å². The fourth-order valence-electron chi connectivity index (χ4n) is 3.39. The zero-order chi connectivity index (χ0) is 16.8. The summed E-state index contributed by atoms with van der Waals surface area (Å²) in [6, 6.07) is 11.0. The highest BCUT2D eigenvalue weighted by molar-refractivity contribution is 14.0. The Morgan fingerprint density at radius 1 is 1.32 bits per heavy atom. The predicted octanol–water partition coefficient (Wildman–Crippen LogP) is 3.20. The molecule has 2 aromatic rings. The number of aromatic nitrogens is 2. The van der Waals surface area contributed by atoms with E-state index in [4.69, 9.17) is 0 Å². The number of guanidine groups is 1. The number of halogens is 1. The first kappa shape index (κ1) is 19.8. The average Bonchev–Trinajstić information content (AvgIpc) is 3.15. The minimum atomic E-state index is 0. The number of hydrogen-bond donors (Lipinski definition) is 1. The maximum Gasteiger partial charge on any atom is 0.193 e. The number of rotatable bonds is 4. The van der Waals surface area contributed by atoms with Gasteiger partial charge in [-0.05, 0) is 24.3 Å². The fraction of sp³-hybridized carbons (Fsp3) is 0.474. The van der Waals surface area contributed by atoms with E-state index in [2.05, 4.69) is 68.2 Å². The predicted molar refractivity (Wildman–Crippen MR) is 114 cm³/mol. The molecule has 1 aromatic heterocycles. The zero-order valence-electron chi connectivity index (χ0n) is 15.0. The number of aliphatic imine (C=N–C) groups is 1. The third-order valence-electron chi connectivity index (χ3n) is 4.88. The second kappa shape index (κ2) is 9.79. The number of benzene rings is 1. The topological polar surface area (TPSA) is 45.5 Å². The van der Waals surface area contributed by atoms with E-state index >= 15 is 0 Å². The molecule has 3 rings (SSSR count). The molecule has 2 heterocycles. The van der Waals surface area contributed by atoms with Crippen molar-refractivity contribution < 1.29 is 0 Å². The molecular weight excluding hydrogens is 425 g/mol. The van der Waals surface area contributed by atoms with Crippen LogP contribution in [0.15, 0.2) is 54.0 Å². The Morgan fingerprint density at radius 2 is 2.12 bits per heavy atom. The number of imidazole rings is 1. The van der Waals surface area contributed by atoms with Crippen molar-refractivity contribution in [2.24, 2.45) is 10.9 Å². The van der Waals surface area contributed by atoms with Gasteiger partial charge >= 0.3 is 0 Å². The normalized spacial score (nSPS) is 20.9. The average molecular weight is 453 g/mol. The molecule has 136 valence electrons. The second-order valence-electron chi connectivity index (χ2n) is 6.50. The van der Waals surface area contributed by atoms with Crippen LogP contribution in [0.3, 0.4) is 0 Å². The fourth-order valence-corrected chi connectivity index (χ4v) is 3.39. The smallest absolute Gasteiger partial charge is 0.193 e. The van der Waals surface area contributed by atoms with Crippen molar-refractivity contribution in [3.63, 3.8) is 0 Å². The molecule has 1 aliphatic heterocycles. The number of piperidine rings is 1. The van der Waals surface area contributed by atoms with Gasteiger partial charge in [-0.1, -0.05) is 37.3 Å². The molecule has 6 heteroatoms. The van der Waals surface area contributed by atoms with Crippen LogP contribution in [0.5, 0.6) is 0 Å². The Hall–Kier alpha value is -1.57. The zero-order valence-corrected chi connectivity index (χ0v) is 17.3.